The Labute approximate surface area is 148 Å². The molecular formula is C18H29N3O4. The van der Waals surface area contributed by atoms with Crippen molar-refractivity contribution in [3.05, 3.63) is 0 Å². The van der Waals surface area contributed by atoms with Gasteiger partial charge in [0, 0.05) is 31.7 Å². The van der Waals surface area contributed by atoms with Gasteiger partial charge in [-0.25, -0.2) is 4.79 Å². The van der Waals surface area contributed by atoms with Gasteiger partial charge in [0.05, 0.1) is 6.10 Å². The fourth-order valence-electron chi connectivity index (χ4n) is 5.12. The summed E-state index contributed by atoms with van der Waals surface area (Å²) in [5.74, 6) is -0.0447. The van der Waals surface area contributed by atoms with Crippen LogP contribution in [0.1, 0.15) is 45.4 Å². The Morgan fingerprint density at radius 3 is 2.64 bits per heavy atom. The van der Waals surface area contributed by atoms with Crippen LogP contribution in [-0.2, 0) is 4.79 Å². The minimum atomic E-state index is -1.000. The maximum Gasteiger partial charge on any atom is 0.408 e. The second kappa shape index (κ2) is 6.13. The molecule has 4 rings (SSSR count). The summed E-state index contributed by atoms with van der Waals surface area (Å²) in [4.78, 5) is 29.6. The number of carbonyl (C=O) groups is 2. The lowest BCUT2D eigenvalue weighted by atomic mass is 9.90. The van der Waals surface area contributed by atoms with Crippen LogP contribution in [0.3, 0.4) is 0 Å². The van der Waals surface area contributed by atoms with E-state index in [0.717, 1.165) is 45.3 Å². The zero-order chi connectivity index (χ0) is 17.8. The van der Waals surface area contributed by atoms with Crippen LogP contribution in [0, 0.1) is 5.41 Å². The fraction of sp³-hybridized carbons (Fsp3) is 0.889. The van der Waals surface area contributed by atoms with Gasteiger partial charge in [-0.2, -0.15) is 0 Å². The molecule has 0 bridgehead atoms. The number of fused-ring (bicyclic) bond motifs is 1. The van der Waals surface area contributed by atoms with Crippen molar-refractivity contribution in [3.8, 4) is 0 Å². The van der Waals surface area contributed by atoms with Gasteiger partial charge in [-0.3, -0.25) is 9.69 Å². The van der Waals surface area contributed by atoms with E-state index in [9.17, 15) is 19.8 Å². The number of hydrogen-bond donors (Lipinski definition) is 2. The summed E-state index contributed by atoms with van der Waals surface area (Å²) in [6.07, 6.45) is 5.00. The fourth-order valence-corrected chi connectivity index (χ4v) is 5.12. The predicted octanol–water partition coefficient (Wildman–Crippen LogP) is 0.965. The second-order valence-corrected chi connectivity index (χ2v) is 8.46. The van der Waals surface area contributed by atoms with E-state index in [1.165, 1.54) is 17.7 Å². The smallest absolute Gasteiger partial charge is 0.408 e. The molecule has 0 unspecified atom stereocenters. The standard InChI is InChI=1S/C18H29N3O4/c1-12-16(23)21-13(2-3-14(21)10-20(12)17(24)25)4-8-19-9-7-18(5-6-18)15(22)11-19/h12-15,22H,2-11H2,1H3,(H,24,25)/t12-,13-,14-,15+/m0/s1. The largest absolute Gasteiger partial charge is 0.465 e. The molecule has 3 saturated heterocycles. The quantitative estimate of drug-likeness (QED) is 0.791. The zero-order valence-electron chi connectivity index (χ0n) is 14.9. The van der Waals surface area contributed by atoms with Gasteiger partial charge in [0.15, 0.2) is 0 Å². The molecule has 4 aliphatic rings. The average molecular weight is 351 g/mol. The minimum Gasteiger partial charge on any atom is -0.465 e. The topological polar surface area (TPSA) is 84.3 Å². The van der Waals surface area contributed by atoms with Crippen LogP contribution in [0.4, 0.5) is 4.79 Å². The van der Waals surface area contributed by atoms with E-state index in [4.69, 9.17) is 0 Å². The molecule has 0 aromatic heterocycles. The number of carbonyl (C=O) groups excluding carboxylic acids is 1. The Kier molecular flexibility index (Phi) is 4.19. The van der Waals surface area contributed by atoms with Crippen LogP contribution in [0.2, 0.25) is 0 Å². The molecule has 2 amide bonds. The van der Waals surface area contributed by atoms with Crippen molar-refractivity contribution >= 4 is 12.0 Å². The number of rotatable bonds is 3. The summed E-state index contributed by atoms with van der Waals surface area (Å²) in [5.41, 5.74) is 0.230. The maximum absolute atomic E-state index is 12.7. The predicted molar refractivity (Wildman–Crippen MR) is 91.2 cm³/mol. The molecule has 0 aromatic rings. The molecule has 0 aromatic carbocycles. The van der Waals surface area contributed by atoms with Crippen molar-refractivity contribution in [2.24, 2.45) is 5.41 Å². The lowest BCUT2D eigenvalue weighted by molar-refractivity contribution is -0.144. The third-order valence-corrected chi connectivity index (χ3v) is 7.09. The first-order valence-electron chi connectivity index (χ1n) is 9.63. The van der Waals surface area contributed by atoms with Crippen LogP contribution < -0.4 is 0 Å². The Balaban J connectivity index is 1.33. The van der Waals surface area contributed by atoms with E-state index in [1.54, 1.807) is 6.92 Å². The highest BCUT2D eigenvalue weighted by Gasteiger charge is 2.51. The molecule has 25 heavy (non-hydrogen) atoms. The number of likely N-dealkylation sites (tertiary alicyclic amines) is 1. The molecule has 2 N–H and O–H groups in total. The molecule has 7 nitrogen and oxygen atoms in total. The molecule has 7 heteroatoms. The first-order chi connectivity index (χ1) is 11.9. The number of aliphatic hydroxyl groups excluding tert-OH is 1. The summed E-state index contributed by atoms with van der Waals surface area (Å²) in [6, 6.07) is -0.336. The minimum absolute atomic E-state index is 0.0338. The molecule has 3 aliphatic heterocycles. The van der Waals surface area contributed by atoms with E-state index >= 15 is 0 Å². The van der Waals surface area contributed by atoms with E-state index in [1.807, 2.05) is 4.90 Å². The first kappa shape index (κ1) is 17.1. The Morgan fingerprint density at radius 2 is 2.00 bits per heavy atom. The SMILES string of the molecule is C[C@H]1C(=O)N2[C@H](CCN3CCC4(CC4)[C@H](O)C3)CC[C@H]2CN1C(=O)O. The maximum atomic E-state index is 12.7. The zero-order valence-corrected chi connectivity index (χ0v) is 14.9. The van der Waals surface area contributed by atoms with Gasteiger partial charge in [0.2, 0.25) is 5.91 Å². The molecule has 1 aliphatic carbocycles. The van der Waals surface area contributed by atoms with Crippen molar-refractivity contribution in [3.63, 3.8) is 0 Å². The number of nitrogens with zero attached hydrogens (tertiary/aromatic N) is 3. The second-order valence-electron chi connectivity index (χ2n) is 8.46. The summed E-state index contributed by atoms with van der Waals surface area (Å²) < 4.78 is 0. The summed E-state index contributed by atoms with van der Waals surface area (Å²) in [5, 5.41) is 19.6. The van der Waals surface area contributed by atoms with Gasteiger partial charge in [-0.15, -0.1) is 0 Å². The molecule has 3 heterocycles. The monoisotopic (exact) mass is 351 g/mol. The highest BCUT2D eigenvalue weighted by molar-refractivity contribution is 5.87. The summed E-state index contributed by atoms with van der Waals surface area (Å²) in [7, 11) is 0. The number of carboxylic acid groups (broad SMARTS) is 1. The van der Waals surface area contributed by atoms with Crippen molar-refractivity contribution < 1.29 is 19.8 Å². The Bertz CT molecular complexity index is 565. The van der Waals surface area contributed by atoms with Crippen LogP contribution in [-0.4, -0.2) is 87.3 Å². The van der Waals surface area contributed by atoms with Gasteiger partial charge in [0.1, 0.15) is 6.04 Å². The molecule has 1 spiro atoms. The summed E-state index contributed by atoms with van der Waals surface area (Å²) >= 11 is 0. The lowest BCUT2D eigenvalue weighted by Crippen LogP contribution is -2.61. The van der Waals surface area contributed by atoms with E-state index in [2.05, 4.69) is 4.90 Å². The highest BCUT2D eigenvalue weighted by Crippen LogP contribution is 2.53. The van der Waals surface area contributed by atoms with Gasteiger partial charge in [-0.1, -0.05) is 0 Å². The van der Waals surface area contributed by atoms with Gasteiger partial charge >= 0.3 is 6.09 Å². The van der Waals surface area contributed by atoms with Crippen molar-refractivity contribution in [2.75, 3.05) is 26.2 Å². The molecule has 4 atom stereocenters. The van der Waals surface area contributed by atoms with Crippen molar-refractivity contribution in [1.29, 1.82) is 0 Å². The molecule has 1 saturated carbocycles. The number of amides is 2. The number of β-amino-alcohol motifs (C(OH)–C–C–N with tert-alkyl or cyclic N) is 1. The van der Waals surface area contributed by atoms with Gasteiger partial charge in [-0.05, 0) is 57.4 Å². The number of piperidine rings is 1. The normalized spacial score (nSPS) is 37.4. The molecule has 4 fully saturated rings. The average Bonchev–Trinajstić information content (AvgIpc) is 3.24. The highest BCUT2D eigenvalue weighted by atomic mass is 16.4. The number of aliphatic hydroxyl groups is 1. The van der Waals surface area contributed by atoms with Crippen LogP contribution in [0.25, 0.3) is 0 Å². The van der Waals surface area contributed by atoms with Crippen LogP contribution in [0.15, 0.2) is 0 Å². The Morgan fingerprint density at radius 1 is 1.24 bits per heavy atom. The van der Waals surface area contributed by atoms with Crippen LogP contribution >= 0.6 is 0 Å². The third kappa shape index (κ3) is 2.91. The van der Waals surface area contributed by atoms with Gasteiger partial charge < -0.3 is 20.0 Å². The van der Waals surface area contributed by atoms with Crippen molar-refractivity contribution in [2.45, 2.75) is 69.7 Å². The molecular weight excluding hydrogens is 322 g/mol. The van der Waals surface area contributed by atoms with Crippen LogP contribution in [0.5, 0.6) is 0 Å². The molecule has 0 radical (unpaired) electrons. The summed E-state index contributed by atoms with van der Waals surface area (Å²) in [6.45, 7) is 4.84. The van der Waals surface area contributed by atoms with Crippen molar-refractivity contribution in [1.82, 2.24) is 14.7 Å². The first-order valence-corrected chi connectivity index (χ1v) is 9.63. The molecule has 140 valence electrons. The lowest BCUT2D eigenvalue weighted by Gasteiger charge is -2.43. The van der Waals surface area contributed by atoms with E-state index < -0.39 is 12.1 Å². The number of hydrogen-bond acceptors (Lipinski definition) is 4. The van der Waals surface area contributed by atoms with Gasteiger partial charge in [0.25, 0.3) is 0 Å². The van der Waals surface area contributed by atoms with E-state index in [-0.39, 0.29) is 29.5 Å². The van der Waals surface area contributed by atoms with E-state index in [0.29, 0.717) is 6.54 Å². The third-order valence-electron chi connectivity index (χ3n) is 7.09. The Hall–Kier alpha value is -1.34. The number of piperazine rings is 1.